The third kappa shape index (κ3) is 4.62. The molecule has 0 aliphatic carbocycles. The molecule has 3 aromatic carbocycles. The average molecular weight is 495 g/mol. The van der Waals surface area contributed by atoms with Gasteiger partial charge in [-0.2, -0.15) is 0 Å². The Kier molecular flexibility index (Phi) is 6.58. The SMILES string of the molecule is Cc1c(NC(=O)c2ccc(NC(=O)c3ccc(Cl)cc3Cl)cc2)c(=O)n(-c2ccccc2)n1C. The molecule has 2 amide bonds. The Morgan fingerprint density at radius 2 is 1.53 bits per heavy atom. The average Bonchev–Trinajstić information content (AvgIpc) is 3.03. The van der Waals surface area contributed by atoms with Crippen molar-refractivity contribution < 1.29 is 9.59 Å². The molecule has 0 spiro atoms. The number of nitrogens with zero attached hydrogens (tertiary/aromatic N) is 2. The van der Waals surface area contributed by atoms with Crippen molar-refractivity contribution >= 4 is 46.4 Å². The Morgan fingerprint density at radius 1 is 0.853 bits per heavy atom. The maximum atomic E-state index is 13.0. The van der Waals surface area contributed by atoms with Crippen LogP contribution in [0.15, 0.2) is 77.6 Å². The molecule has 0 aliphatic heterocycles. The minimum Gasteiger partial charge on any atom is -0.322 e. The molecule has 0 radical (unpaired) electrons. The summed E-state index contributed by atoms with van der Waals surface area (Å²) in [4.78, 5) is 38.3. The van der Waals surface area contributed by atoms with Gasteiger partial charge < -0.3 is 10.6 Å². The van der Waals surface area contributed by atoms with E-state index in [1.54, 1.807) is 49.0 Å². The summed E-state index contributed by atoms with van der Waals surface area (Å²) >= 11 is 12.0. The van der Waals surface area contributed by atoms with E-state index < -0.39 is 11.8 Å². The largest absolute Gasteiger partial charge is 0.322 e. The smallest absolute Gasteiger partial charge is 0.295 e. The third-order valence-electron chi connectivity index (χ3n) is 5.37. The van der Waals surface area contributed by atoms with Crippen molar-refractivity contribution in [3.8, 4) is 5.69 Å². The number of amides is 2. The Bertz CT molecular complexity index is 1440. The van der Waals surface area contributed by atoms with E-state index in [0.717, 1.165) is 0 Å². The first-order chi connectivity index (χ1) is 16.3. The van der Waals surface area contributed by atoms with Crippen LogP contribution in [-0.2, 0) is 7.05 Å². The summed E-state index contributed by atoms with van der Waals surface area (Å²) < 4.78 is 3.18. The molecule has 0 saturated heterocycles. The quantitative estimate of drug-likeness (QED) is 0.394. The lowest BCUT2D eigenvalue weighted by Gasteiger charge is -2.08. The van der Waals surface area contributed by atoms with Gasteiger partial charge in [-0.3, -0.25) is 19.1 Å². The second kappa shape index (κ2) is 9.59. The molecule has 34 heavy (non-hydrogen) atoms. The van der Waals surface area contributed by atoms with Crippen molar-refractivity contribution in [2.75, 3.05) is 10.6 Å². The van der Waals surface area contributed by atoms with Crippen LogP contribution in [0.3, 0.4) is 0 Å². The van der Waals surface area contributed by atoms with E-state index in [2.05, 4.69) is 10.6 Å². The van der Waals surface area contributed by atoms with E-state index in [1.165, 1.54) is 16.8 Å². The Labute approximate surface area is 205 Å². The van der Waals surface area contributed by atoms with E-state index in [4.69, 9.17) is 23.2 Å². The number of aromatic nitrogens is 2. The fraction of sp³-hybridized carbons (Fsp3) is 0.0800. The van der Waals surface area contributed by atoms with Gasteiger partial charge in [0.2, 0.25) is 0 Å². The maximum Gasteiger partial charge on any atom is 0.295 e. The zero-order valence-corrected chi connectivity index (χ0v) is 19.8. The number of para-hydroxylation sites is 1. The van der Waals surface area contributed by atoms with Crippen LogP contribution in [-0.4, -0.2) is 21.2 Å². The van der Waals surface area contributed by atoms with Gasteiger partial charge in [-0.1, -0.05) is 41.4 Å². The van der Waals surface area contributed by atoms with Gasteiger partial charge in [0.15, 0.2) is 0 Å². The third-order valence-corrected chi connectivity index (χ3v) is 5.92. The zero-order valence-electron chi connectivity index (χ0n) is 18.3. The molecule has 0 fully saturated rings. The van der Waals surface area contributed by atoms with Gasteiger partial charge in [-0.15, -0.1) is 0 Å². The van der Waals surface area contributed by atoms with Crippen LogP contribution in [0.4, 0.5) is 11.4 Å². The van der Waals surface area contributed by atoms with Crippen LogP contribution in [0.1, 0.15) is 26.4 Å². The summed E-state index contributed by atoms with van der Waals surface area (Å²) in [6.45, 7) is 1.76. The molecule has 4 aromatic rings. The maximum absolute atomic E-state index is 13.0. The molecule has 4 rings (SSSR count). The second-order valence-corrected chi connectivity index (χ2v) is 8.39. The molecular weight excluding hydrogens is 475 g/mol. The summed E-state index contributed by atoms with van der Waals surface area (Å²) in [7, 11) is 1.75. The summed E-state index contributed by atoms with van der Waals surface area (Å²) in [5.74, 6) is -0.843. The van der Waals surface area contributed by atoms with Crippen LogP contribution in [0.2, 0.25) is 10.0 Å². The number of nitrogens with one attached hydrogen (secondary N) is 2. The Balaban J connectivity index is 1.51. The van der Waals surface area contributed by atoms with Crippen molar-refractivity contribution in [1.82, 2.24) is 9.36 Å². The van der Waals surface area contributed by atoms with Crippen molar-refractivity contribution in [3.63, 3.8) is 0 Å². The predicted octanol–water partition coefficient (Wildman–Crippen LogP) is 5.30. The van der Waals surface area contributed by atoms with Crippen molar-refractivity contribution in [1.29, 1.82) is 0 Å². The molecule has 0 atom stereocenters. The van der Waals surface area contributed by atoms with E-state index in [-0.39, 0.29) is 21.8 Å². The molecule has 0 unspecified atom stereocenters. The summed E-state index contributed by atoms with van der Waals surface area (Å²) in [6.07, 6.45) is 0. The summed E-state index contributed by atoms with van der Waals surface area (Å²) in [5.41, 5.74) is 2.27. The number of hydrogen-bond acceptors (Lipinski definition) is 3. The van der Waals surface area contributed by atoms with Crippen LogP contribution >= 0.6 is 23.2 Å². The molecule has 1 aromatic heterocycles. The molecule has 0 saturated carbocycles. The highest BCUT2D eigenvalue weighted by Crippen LogP contribution is 2.22. The highest BCUT2D eigenvalue weighted by Gasteiger charge is 2.19. The molecule has 7 nitrogen and oxygen atoms in total. The van der Waals surface area contributed by atoms with E-state index >= 15 is 0 Å². The molecule has 0 bridgehead atoms. The monoisotopic (exact) mass is 494 g/mol. The summed E-state index contributed by atoms with van der Waals surface area (Å²) in [5, 5.41) is 6.11. The first kappa shape index (κ1) is 23.4. The van der Waals surface area contributed by atoms with Gasteiger partial charge in [-0.05, 0) is 61.5 Å². The van der Waals surface area contributed by atoms with Crippen molar-refractivity contribution in [2.45, 2.75) is 6.92 Å². The minimum atomic E-state index is -0.440. The number of anilines is 2. The number of rotatable bonds is 5. The molecule has 9 heteroatoms. The fourth-order valence-corrected chi connectivity index (χ4v) is 3.97. The van der Waals surface area contributed by atoms with Gasteiger partial charge in [-0.25, -0.2) is 4.68 Å². The molecule has 172 valence electrons. The standard InChI is InChI=1S/C25H20Cl2N4O3/c1-15-22(25(34)31(30(15)2)19-6-4-3-5-7-19)29-23(32)16-8-11-18(12-9-16)28-24(33)20-13-10-17(26)14-21(20)27/h3-14H,1-2H3,(H,28,33)(H,29,32). The van der Waals surface area contributed by atoms with E-state index in [0.29, 0.717) is 27.7 Å². The number of halogens is 2. The highest BCUT2D eigenvalue weighted by molar-refractivity contribution is 6.37. The minimum absolute atomic E-state index is 0.200. The lowest BCUT2D eigenvalue weighted by atomic mass is 10.1. The highest BCUT2D eigenvalue weighted by atomic mass is 35.5. The second-order valence-electron chi connectivity index (χ2n) is 7.55. The van der Waals surface area contributed by atoms with E-state index in [1.807, 2.05) is 30.3 Å². The molecule has 2 N–H and O–H groups in total. The number of benzene rings is 3. The number of carbonyl (C=O) groups is 2. The van der Waals surface area contributed by atoms with Gasteiger partial charge >= 0.3 is 0 Å². The molecule has 1 heterocycles. The zero-order chi connectivity index (χ0) is 24.4. The van der Waals surface area contributed by atoms with Crippen LogP contribution in [0.25, 0.3) is 5.69 Å². The van der Waals surface area contributed by atoms with Crippen LogP contribution < -0.4 is 16.2 Å². The number of carbonyl (C=O) groups excluding carboxylic acids is 2. The normalized spacial score (nSPS) is 10.7. The van der Waals surface area contributed by atoms with Gasteiger partial charge in [0.25, 0.3) is 17.4 Å². The van der Waals surface area contributed by atoms with Crippen molar-refractivity contribution in [3.05, 3.63) is 110 Å². The lowest BCUT2D eigenvalue weighted by Crippen LogP contribution is -2.23. The Morgan fingerprint density at radius 3 is 2.18 bits per heavy atom. The molecular formula is C25H20Cl2N4O3. The van der Waals surface area contributed by atoms with Crippen LogP contribution in [0, 0.1) is 6.92 Å². The predicted molar refractivity (Wildman–Crippen MR) is 135 cm³/mol. The van der Waals surface area contributed by atoms with Gasteiger partial charge in [0.1, 0.15) is 5.69 Å². The van der Waals surface area contributed by atoms with Crippen molar-refractivity contribution in [2.24, 2.45) is 7.05 Å². The summed E-state index contributed by atoms with van der Waals surface area (Å²) in [6, 6.07) is 20.1. The van der Waals surface area contributed by atoms with E-state index in [9.17, 15) is 14.4 Å². The van der Waals surface area contributed by atoms with Gasteiger partial charge in [0, 0.05) is 23.3 Å². The topological polar surface area (TPSA) is 85.1 Å². The van der Waals surface area contributed by atoms with Gasteiger partial charge in [0.05, 0.1) is 22.0 Å². The first-order valence-electron chi connectivity index (χ1n) is 10.3. The number of hydrogen-bond donors (Lipinski definition) is 2. The first-order valence-corrected chi connectivity index (χ1v) is 11.0. The van der Waals surface area contributed by atoms with Crippen LogP contribution in [0.5, 0.6) is 0 Å². The fourth-order valence-electron chi connectivity index (χ4n) is 3.47. The molecule has 0 aliphatic rings. The Hall–Kier alpha value is -3.81. The lowest BCUT2D eigenvalue weighted by molar-refractivity contribution is 0.102.